The second kappa shape index (κ2) is 5.11. The lowest BCUT2D eigenvalue weighted by atomic mass is 10.1. The van der Waals surface area contributed by atoms with Crippen molar-refractivity contribution in [2.24, 2.45) is 0 Å². The smallest absolute Gasteiger partial charge is 0.224 e. The zero-order valence-corrected chi connectivity index (χ0v) is 11.8. The van der Waals surface area contributed by atoms with Crippen LogP contribution in [0.4, 0.5) is 0 Å². The molecule has 106 valence electrons. The van der Waals surface area contributed by atoms with Crippen molar-refractivity contribution in [2.45, 2.75) is 32.4 Å². The first-order valence-electron chi connectivity index (χ1n) is 6.91. The molecule has 2 aromatic rings. The Balaban J connectivity index is 1.53. The van der Waals surface area contributed by atoms with Crippen molar-refractivity contribution in [2.75, 3.05) is 13.1 Å². The number of nitrogens with zero attached hydrogens (tertiary/aromatic N) is 5. The Kier molecular flexibility index (Phi) is 3.30. The Labute approximate surface area is 118 Å². The van der Waals surface area contributed by atoms with Crippen LogP contribution in [0.3, 0.4) is 0 Å². The largest absolute Gasteiger partial charge is 0.338 e. The third kappa shape index (κ3) is 2.33. The van der Waals surface area contributed by atoms with Crippen LogP contribution >= 0.6 is 0 Å². The predicted octanol–water partition coefficient (Wildman–Crippen LogP) is 1.42. The minimum Gasteiger partial charge on any atom is -0.338 e. The lowest BCUT2D eigenvalue weighted by Crippen LogP contribution is -2.51. The van der Waals surface area contributed by atoms with Gasteiger partial charge in [0.2, 0.25) is 5.91 Å². The zero-order valence-electron chi connectivity index (χ0n) is 11.8. The summed E-state index contributed by atoms with van der Waals surface area (Å²) in [4.78, 5) is 18.3. The number of rotatable bonds is 4. The van der Waals surface area contributed by atoms with E-state index >= 15 is 0 Å². The molecule has 1 aliphatic rings. The van der Waals surface area contributed by atoms with E-state index in [1.165, 1.54) is 0 Å². The minimum atomic E-state index is 0.147. The highest BCUT2D eigenvalue weighted by molar-refractivity contribution is 5.77. The molecule has 20 heavy (non-hydrogen) atoms. The van der Waals surface area contributed by atoms with Crippen LogP contribution < -0.4 is 0 Å². The van der Waals surface area contributed by atoms with Crippen molar-refractivity contribution in [3.05, 3.63) is 36.7 Å². The summed E-state index contributed by atoms with van der Waals surface area (Å²) in [5.41, 5.74) is 0. The minimum absolute atomic E-state index is 0.147. The zero-order chi connectivity index (χ0) is 14.1. The molecule has 0 unspecified atom stereocenters. The van der Waals surface area contributed by atoms with Crippen LogP contribution in [0.1, 0.15) is 31.3 Å². The molecule has 0 aliphatic carbocycles. The monoisotopic (exact) mass is 273 g/mol. The van der Waals surface area contributed by atoms with Crippen LogP contribution in [0.15, 0.2) is 30.9 Å². The van der Waals surface area contributed by atoms with E-state index in [0.717, 1.165) is 18.9 Å². The third-order valence-electron chi connectivity index (χ3n) is 3.92. The summed E-state index contributed by atoms with van der Waals surface area (Å²) in [5, 5.41) is 4.21. The summed E-state index contributed by atoms with van der Waals surface area (Å²) < 4.78 is 3.97. The van der Waals surface area contributed by atoms with Gasteiger partial charge < -0.3 is 9.47 Å². The summed E-state index contributed by atoms with van der Waals surface area (Å²) in [6, 6.07) is 2.39. The Morgan fingerprint density at radius 2 is 2.20 bits per heavy atom. The van der Waals surface area contributed by atoms with E-state index in [9.17, 15) is 4.79 Å². The van der Waals surface area contributed by atoms with E-state index in [0.29, 0.717) is 12.5 Å². The van der Waals surface area contributed by atoms with Gasteiger partial charge >= 0.3 is 0 Å². The molecular formula is C14H19N5O. The van der Waals surface area contributed by atoms with Gasteiger partial charge in [-0.1, -0.05) is 0 Å². The van der Waals surface area contributed by atoms with E-state index in [1.54, 1.807) is 12.4 Å². The lowest BCUT2D eigenvalue weighted by molar-refractivity contribution is -0.137. The van der Waals surface area contributed by atoms with Crippen molar-refractivity contribution >= 4 is 5.91 Å². The van der Waals surface area contributed by atoms with Gasteiger partial charge in [0.05, 0.1) is 6.04 Å². The first kappa shape index (κ1) is 12.9. The number of hydrogen-bond donors (Lipinski definition) is 0. The molecule has 1 amide bonds. The summed E-state index contributed by atoms with van der Waals surface area (Å²) in [6.45, 7) is 5.53. The molecule has 0 saturated carbocycles. The number of aromatic nitrogens is 4. The highest BCUT2D eigenvalue weighted by Gasteiger charge is 2.32. The molecule has 3 heterocycles. The Morgan fingerprint density at radius 3 is 2.80 bits per heavy atom. The number of carbonyl (C=O) groups is 1. The van der Waals surface area contributed by atoms with E-state index in [1.807, 2.05) is 39.5 Å². The summed E-state index contributed by atoms with van der Waals surface area (Å²) >= 11 is 0. The Bertz CT molecular complexity index is 582. The highest BCUT2D eigenvalue weighted by Crippen LogP contribution is 2.23. The van der Waals surface area contributed by atoms with E-state index in [4.69, 9.17) is 0 Å². The number of carbonyl (C=O) groups excluding carboxylic acids is 1. The predicted molar refractivity (Wildman–Crippen MR) is 74.1 cm³/mol. The van der Waals surface area contributed by atoms with Gasteiger partial charge in [-0.25, -0.2) is 4.98 Å². The quantitative estimate of drug-likeness (QED) is 0.846. The van der Waals surface area contributed by atoms with Gasteiger partial charge in [-0.15, -0.1) is 0 Å². The number of imidazole rings is 1. The van der Waals surface area contributed by atoms with Crippen molar-refractivity contribution in [1.82, 2.24) is 24.2 Å². The van der Waals surface area contributed by atoms with E-state index in [-0.39, 0.29) is 11.9 Å². The van der Waals surface area contributed by atoms with Gasteiger partial charge in [0.25, 0.3) is 0 Å². The fraction of sp³-hybridized carbons (Fsp3) is 0.500. The van der Waals surface area contributed by atoms with Gasteiger partial charge in [0, 0.05) is 50.3 Å². The van der Waals surface area contributed by atoms with Crippen LogP contribution in [-0.4, -0.2) is 43.2 Å². The van der Waals surface area contributed by atoms with Crippen molar-refractivity contribution in [3.63, 3.8) is 0 Å². The SMILES string of the molecule is Cc1nccn1[C@@H](C)CC(=O)N1CC(n2cccn2)C1. The summed E-state index contributed by atoms with van der Waals surface area (Å²) in [5.74, 6) is 1.15. The normalized spacial score (nSPS) is 17.0. The Hall–Kier alpha value is -2.11. The van der Waals surface area contributed by atoms with Crippen molar-refractivity contribution < 1.29 is 4.79 Å². The van der Waals surface area contributed by atoms with Gasteiger partial charge in [0.15, 0.2) is 0 Å². The fourth-order valence-electron chi connectivity index (χ4n) is 2.66. The average molecular weight is 273 g/mol. The maximum absolute atomic E-state index is 12.2. The van der Waals surface area contributed by atoms with Crippen molar-refractivity contribution in [1.29, 1.82) is 0 Å². The molecule has 0 aromatic carbocycles. The standard InChI is InChI=1S/C14H19N5O/c1-11(18-7-5-15-12(18)2)8-14(20)17-9-13(10-17)19-6-3-4-16-19/h3-7,11,13H,8-10H2,1-2H3/t11-/m0/s1. The first-order chi connectivity index (χ1) is 9.65. The van der Waals surface area contributed by atoms with Crippen LogP contribution in [0.25, 0.3) is 0 Å². The summed E-state index contributed by atoms with van der Waals surface area (Å²) in [7, 11) is 0. The van der Waals surface area contributed by atoms with Crippen molar-refractivity contribution in [3.8, 4) is 0 Å². The molecule has 1 atom stereocenters. The van der Waals surface area contributed by atoms with Gasteiger partial charge in [-0.3, -0.25) is 9.48 Å². The molecule has 6 nitrogen and oxygen atoms in total. The molecule has 3 rings (SSSR count). The van der Waals surface area contributed by atoms with Crippen LogP contribution in [0.2, 0.25) is 0 Å². The highest BCUT2D eigenvalue weighted by atomic mass is 16.2. The molecule has 1 fully saturated rings. The summed E-state index contributed by atoms with van der Waals surface area (Å²) in [6.07, 6.45) is 7.94. The molecule has 1 saturated heterocycles. The number of aryl methyl sites for hydroxylation is 1. The Morgan fingerprint density at radius 1 is 1.40 bits per heavy atom. The lowest BCUT2D eigenvalue weighted by Gasteiger charge is -2.39. The number of likely N-dealkylation sites (tertiary alicyclic amines) is 1. The van der Waals surface area contributed by atoms with Crippen LogP contribution in [-0.2, 0) is 4.79 Å². The topological polar surface area (TPSA) is 56.0 Å². The van der Waals surface area contributed by atoms with Gasteiger partial charge in [0.1, 0.15) is 5.82 Å². The second-order valence-electron chi connectivity index (χ2n) is 5.37. The van der Waals surface area contributed by atoms with E-state index in [2.05, 4.69) is 17.0 Å². The van der Waals surface area contributed by atoms with Gasteiger partial charge in [-0.2, -0.15) is 5.10 Å². The molecule has 2 aromatic heterocycles. The fourth-order valence-corrected chi connectivity index (χ4v) is 2.66. The molecule has 0 spiro atoms. The van der Waals surface area contributed by atoms with Crippen LogP contribution in [0, 0.1) is 6.92 Å². The molecule has 0 N–H and O–H groups in total. The molecule has 0 radical (unpaired) electrons. The van der Waals surface area contributed by atoms with E-state index < -0.39 is 0 Å². The molecule has 1 aliphatic heterocycles. The average Bonchev–Trinajstić information content (AvgIpc) is 2.98. The maximum atomic E-state index is 12.2. The van der Waals surface area contributed by atoms with Crippen LogP contribution in [0.5, 0.6) is 0 Å². The maximum Gasteiger partial charge on any atom is 0.224 e. The number of amides is 1. The first-order valence-corrected chi connectivity index (χ1v) is 6.91. The molecule has 6 heteroatoms. The molecular weight excluding hydrogens is 254 g/mol. The van der Waals surface area contributed by atoms with Gasteiger partial charge in [-0.05, 0) is 19.9 Å². The number of hydrogen-bond acceptors (Lipinski definition) is 3. The molecule has 0 bridgehead atoms. The second-order valence-corrected chi connectivity index (χ2v) is 5.37. The third-order valence-corrected chi connectivity index (χ3v) is 3.92.